The standard InChI is InChI=1S/C15H21ClO4/c1-18-13-4-3-12(16)9-11(13)10-14(17)15(19-2)5-7-20-8-6-15/h3-4,9,14,17H,5-8,10H2,1-2H3. The Kier molecular flexibility index (Phi) is 5.27. The molecule has 0 aromatic heterocycles. The van der Waals surface area contributed by atoms with Crippen LogP contribution in [0.3, 0.4) is 0 Å². The number of aliphatic hydroxyl groups excluding tert-OH is 1. The van der Waals surface area contributed by atoms with Crippen LogP contribution in [0.15, 0.2) is 18.2 Å². The number of halogens is 1. The largest absolute Gasteiger partial charge is 0.496 e. The number of methoxy groups -OCH3 is 2. The summed E-state index contributed by atoms with van der Waals surface area (Å²) in [7, 11) is 3.25. The average Bonchev–Trinajstić information content (AvgIpc) is 2.48. The van der Waals surface area contributed by atoms with Gasteiger partial charge < -0.3 is 19.3 Å². The summed E-state index contributed by atoms with van der Waals surface area (Å²) < 4.78 is 16.3. The number of rotatable bonds is 5. The van der Waals surface area contributed by atoms with Crippen molar-refractivity contribution in [1.82, 2.24) is 0 Å². The van der Waals surface area contributed by atoms with Gasteiger partial charge in [0.2, 0.25) is 0 Å². The van der Waals surface area contributed by atoms with Crippen molar-refractivity contribution in [3.05, 3.63) is 28.8 Å². The van der Waals surface area contributed by atoms with E-state index in [1.54, 1.807) is 20.3 Å². The maximum atomic E-state index is 10.6. The van der Waals surface area contributed by atoms with Crippen molar-refractivity contribution in [1.29, 1.82) is 0 Å². The molecule has 1 N–H and O–H groups in total. The van der Waals surface area contributed by atoms with Gasteiger partial charge in [-0.15, -0.1) is 0 Å². The topological polar surface area (TPSA) is 47.9 Å². The van der Waals surface area contributed by atoms with Crippen LogP contribution >= 0.6 is 11.6 Å². The number of hydrogen-bond acceptors (Lipinski definition) is 4. The molecule has 1 heterocycles. The maximum absolute atomic E-state index is 10.6. The highest BCUT2D eigenvalue weighted by molar-refractivity contribution is 6.30. The third-order valence-corrected chi connectivity index (χ3v) is 4.24. The van der Waals surface area contributed by atoms with Crippen LogP contribution in [-0.4, -0.2) is 44.2 Å². The molecular weight excluding hydrogens is 280 g/mol. The average molecular weight is 301 g/mol. The Morgan fingerprint density at radius 3 is 2.65 bits per heavy atom. The fourth-order valence-corrected chi connectivity index (χ4v) is 2.89. The fraction of sp³-hybridized carbons (Fsp3) is 0.600. The van der Waals surface area contributed by atoms with Gasteiger partial charge in [0.1, 0.15) is 5.75 Å². The molecule has 0 aliphatic carbocycles. The molecule has 0 spiro atoms. The summed E-state index contributed by atoms with van der Waals surface area (Å²) in [5.41, 5.74) is 0.335. The summed E-state index contributed by atoms with van der Waals surface area (Å²) in [6.07, 6.45) is 1.20. The van der Waals surface area contributed by atoms with E-state index < -0.39 is 11.7 Å². The SMILES string of the molecule is COc1ccc(Cl)cc1CC(O)C1(OC)CCOCC1. The highest BCUT2D eigenvalue weighted by atomic mass is 35.5. The van der Waals surface area contributed by atoms with Crippen LogP contribution in [0.4, 0.5) is 0 Å². The Labute approximate surface area is 124 Å². The van der Waals surface area contributed by atoms with Gasteiger partial charge in [0.25, 0.3) is 0 Å². The maximum Gasteiger partial charge on any atom is 0.122 e. The van der Waals surface area contributed by atoms with E-state index in [1.165, 1.54) is 0 Å². The molecule has 1 saturated heterocycles. The van der Waals surface area contributed by atoms with Crippen molar-refractivity contribution in [2.24, 2.45) is 0 Å². The molecule has 2 rings (SSSR count). The molecule has 1 aliphatic heterocycles. The summed E-state index contributed by atoms with van der Waals surface area (Å²) in [5.74, 6) is 0.728. The third kappa shape index (κ3) is 3.26. The van der Waals surface area contributed by atoms with E-state index in [0.29, 0.717) is 37.5 Å². The van der Waals surface area contributed by atoms with Crippen LogP contribution in [0.5, 0.6) is 5.75 Å². The first-order chi connectivity index (χ1) is 9.61. The van der Waals surface area contributed by atoms with E-state index in [2.05, 4.69) is 0 Å². The second-order valence-corrected chi connectivity index (χ2v) is 5.49. The van der Waals surface area contributed by atoms with Crippen LogP contribution in [-0.2, 0) is 15.9 Å². The number of hydrogen-bond donors (Lipinski definition) is 1. The van der Waals surface area contributed by atoms with E-state index in [9.17, 15) is 5.11 Å². The molecule has 4 nitrogen and oxygen atoms in total. The predicted octanol–water partition coefficient (Wildman–Crippen LogP) is 2.45. The zero-order valence-electron chi connectivity index (χ0n) is 11.9. The molecule has 5 heteroatoms. The van der Waals surface area contributed by atoms with Gasteiger partial charge in [-0.3, -0.25) is 0 Å². The molecule has 20 heavy (non-hydrogen) atoms. The Morgan fingerprint density at radius 1 is 1.35 bits per heavy atom. The van der Waals surface area contributed by atoms with Crippen LogP contribution < -0.4 is 4.74 Å². The van der Waals surface area contributed by atoms with E-state index >= 15 is 0 Å². The number of aliphatic hydroxyl groups is 1. The molecule has 0 bridgehead atoms. The smallest absolute Gasteiger partial charge is 0.122 e. The summed E-state index contributed by atoms with van der Waals surface area (Å²) in [6.45, 7) is 1.22. The lowest BCUT2D eigenvalue weighted by molar-refractivity contribution is -0.151. The van der Waals surface area contributed by atoms with E-state index in [-0.39, 0.29) is 0 Å². The summed E-state index contributed by atoms with van der Waals surface area (Å²) in [5, 5.41) is 11.2. The Morgan fingerprint density at radius 2 is 2.05 bits per heavy atom. The molecule has 0 saturated carbocycles. The van der Waals surface area contributed by atoms with E-state index in [1.807, 2.05) is 12.1 Å². The summed E-state index contributed by atoms with van der Waals surface area (Å²) in [4.78, 5) is 0. The minimum absolute atomic E-state index is 0.442. The zero-order valence-corrected chi connectivity index (χ0v) is 12.7. The van der Waals surface area contributed by atoms with Crippen LogP contribution in [0, 0.1) is 0 Å². The molecule has 112 valence electrons. The van der Waals surface area contributed by atoms with Gasteiger partial charge in [-0.2, -0.15) is 0 Å². The molecule has 1 atom stereocenters. The van der Waals surface area contributed by atoms with Crippen molar-refractivity contribution in [2.45, 2.75) is 31.0 Å². The number of benzene rings is 1. The van der Waals surface area contributed by atoms with Crippen LogP contribution in [0.2, 0.25) is 5.02 Å². The highest BCUT2D eigenvalue weighted by Gasteiger charge is 2.40. The molecule has 1 aliphatic rings. The lowest BCUT2D eigenvalue weighted by Crippen LogP contribution is -2.49. The van der Waals surface area contributed by atoms with Gasteiger partial charge >= 0.3 is 0 Å². The first kappa shape index (κ1) is 15.6. The molecule has 0 radical (unpaired) electrons. The summed E-state index contributed by atoms with van der Waals surface area (Å²) >= 11 is 6.02. The van der Waals surface area contributed by atoms with Crippen LogP contribution in [0.25, 0.3) is 0 Å². The van der Waals surface area contributed by atoms with Gasteiger partial charge in [-0.05, 0) is 23.8 Å². The Hall–Kier alpha value is -0.810. The van der Waals surface area contributed by atoms with Gasteiger partial charge in [-0.25, -0.2) is 0 Å². The van der Waals surface area contributed by atoms with Crippen molar-refractivity contribution in [2.75, 3.05) is 27.4 Å². The molecular formula is C15H21ClO4. The summed E-state index contributed by atoms with van der Waals surface area (Å²) in [6, 6.07) is 5.41. The Bertz CT molecular complexity index is 443. The highest BCUT2D eigenvalue weighted by Crippen LogP contribution is 2.32. The second-order valence-electron chi connectivity index (χ2n) is 5.06. The van der Waals surface area contributed by atoms with Crippen molar-refractivity contribution < 1.29 is 19.3 Å². The first-order valence-corrected chi connectivity index (χ1v) is 7.12. The quantitative estimate of drug-likeness (QED) is 0.907. The van der Waals surface area contributed by atoms with E-state index in [4.69, 9.17) is 25.8 Å². The molecule has 1 unspecified atom stereocenters. The van der Waals surface area contributed by atoms with Gasteiger partial charge in [-0.1, -0.05) is 11.6 Å². The lowest BCUT2D eigenvalue weighted by atomic mass is 9.84. The third-order valence-electron chi connectivity index (χ3n) is 4.01. The normalized spacial score (nSPS) is 19.6. The fourth-order valence-electron chi connectivity index (χ4n) is 2.69. The second kappa shape index (κ2) is 6.76. The van der Waals surface area contributed by atoms with Crippen molar-refractivity contribution in [3.63, 3.8) is 0 Å². The molecule has 0 amide bonds. The molecule has 1 aromatic carbocycles. The van der Waals surface area contributed by atoms with Crippen LogP contribution in [0.1, 0.15) is 18.4 Å². The van der Waals surface area contributed by atoms with Gasteiger partial charge in [0.05, 0.1) is 18.8 Å². The van der Waals surface area contributed by atoms with E-state index in [0.717, 1.165) is 11.3 Å². The van der Waals surface area contributed by atoms with Gasteiger partial charge in [0, 0.05) is 44.6 Å². The minimum Gasteiger partial charge on any atom is -0.496 e. The van der Waals surface area contributed by atoms with Gasteiger partial charge in [0.15, 0.2) is 0 Å². The monoisotopic (exact) mass is 300 g/mol. The first-order valence-electron chi connectivity index (χ1n) is 6.74. The number of ether oxygens (including phenoxy) is 3. The Balaban J connectivity index is 2.17. The predicted molar refractivity (Wildman–Crippen MR) is 77.5 cm³/mol. The van der Waals surface area contributed by atoms with Crippen molar-refractivity contribution in [3.8, 4) is 5.75 Å². The molecule has 1 fully saturated rings. The van der Waals surface area contributed by atoms with Crippen molar-refractivity contribution >= 4 is 11.6 Å². The molecule has 1 aromatic rings. The zero-order chi connectivity index (χ0) is 14.6. The minimum atomic E-state index is -0.622. The lowest BCUT2D eigenvalue weighted by Gasteiger charge is -2.39.